The molecular weight excluding hydrogens is 304 g/mol. The fourth-order valence-corrected chi connectivity index (χ4v) is 2.30. The number of aryl methyl sites for hydroxylation is 1. The van der Waals surface area contributed by atoms with Crippen molar-refractivity contribution in [1.29, 1.82) is 0 Å². The standard InChI is InChI=1S/C18H17N4O2/c19-18(23)24-15-11-9-14(10-12-15)17-20-16(21-22-17)8-4-7-13-5-2-1-3-6-13/h1-3,5-6,8-12H,4,7H2,(H2,19,23)(H,20,21,22). The summed E-state index contributed by atoms with van der Waals surface area (Å²) in [7, 11) is 0. The van der Waals surface area contributed by atoms with E-state index in [1.165, 1.54) is 5.56 Å². The van der Waals surface area contributed by atoms with Gasteiger partial charge in [0.1, 0.15) is 11.6 Å². The fraction of sp³-hybridized carbons (Fsp3) is 0.111. The highest BCUT2D eigenvalue weighted by atomic mass is 16.5. The van der Waals surface area contributed by atoms with Crippen molar-refractivity contribution >= 4 is 6.09 Å². The fourth-order valence-electron chi connectivity index (χ4n) is 2.30. The number of aromatic amines is 1. The molecule has 1 radical (unpaired) electrons. The molecule has 2 aromatic carbocycles. The van der Waals surface area contributed by atoms with E-state index in [-0.39, 0.29) is 0 Å². The van der Waals surface area contributed by atoms with Gasteiger partial charge in [-0.15, -0.1) is 0 Å². The largest absolute Gasteiger partial charge is 0.411 e. The van der Waals surface area contributed by atoms with Gasteiger partial charge in [0.15, 0.2) is 5.82 Å². The molecule has 0 saturated carbocycles. The number of hydrogen-bond acceptors (Lipinski definition) is 4. The van der Waals surface area contributed by atoms with Crippen LogP contribution in [0, 0.1) is 6.42 Å². The molecule has 121 valence electrons. The molecule has 0 aliphatic rings. The predicted molar refractivity (Wildman–Crippen MR) is 90.2 cm³/mol. The normalized spacial score (nSPS) is 10.5. The topological polar surface area (TPSA) is 93.9 Å². The minimum absolute atomic E-state index is 0.386. The van der Waals surface area contributed by atoms with Crippen molar-refractivity contribution in [3.63, 3.8) is 0 Å². The third kappa shape index (κ3) is 4.19. The van der Waals surface area contributed by atoms with Crippen molar-refractivity contribution in [2.24, 2.45) is 5.73 Å². The summed E-state index contributed by atoms with van der Waals surface area (Å²) in [5.74, 6) is 1.71. The molecule has 1 heterocycles. The number of nitrogens with two attached hydrogens (primary N) is 1. The van der Waals surface area contributed by atoms with Gasteiger partial charge < -0.3 is 10.5 Å². The van der Waals surface area contributed by atoms with Crippen molar-refractivity contribution in [3.8, 4) is 17.1 Å². The van der Waals surface area contributed by atoms with E-state index >= 15 is 0 Å². The molecule has 0 spiro atoms. The molecule has 3 aromatic rings. The van der Waals surface area contributed by atoms with E-state index in [0.29, 0.717) is 11.6 Å². The molecule has 0 saturated heterocycles. The zero-order chi connectivity index (χ0) is 16.8. The van der Waals surface area contributed by atoms with Crippen molar-refractivity contribution in [2.75, 3.05) is 0 Å². The zero-order valence-electron chi connectivity index (χ0n) is 13.0. The van der Waals surface area contributed by atoms with E-state index in [9.17, 15) is 4.79 Å². The third-order valence-electron chi connectivity index (χ3n) is 3.45. The molecular formula is C18H17N4O2. The lowest BCUT2D eigenvalue weighted by Crippen LogP contribution is -2.16. The van der Waals surface area contributed by atoms with Crippen LogP contribution in [0.5, 0.6) is 5.75 Å². The summed E-state index contributed by atoms with van der Waals surface area (Å²) in [4.78, 5) is 15.1. The first-order chi connectivity index (χ1) is 11.7. The number of ether oxygens (including phenoxy) is 1. The Kier molecular flexibility index (Phi) is 4.86. The van der Waals surface area contributed by atoms with E-state index in [2.05, 4.69) is 27.3 Å². The summed E-state index contributed by atoms with van der Waals surface area (Å²) in [5.41, 5.74) is 7.09. The summed E-state index contributed by atoms with van der Waals surface area (Å²) < 4.78 is 4.79. The van der Waals surface area contributed by atoms with E-state index in [1.54, 1.807) is 24.3 Å². The Morgan fingerprint density at radius 1 is 1.12 bits per heavy atom. The molecule has 1 amide bonds. The first-order valence-corrected chi connectivity index (χ1v) is 7.58. The number of amides is 1. The molecule has 0 aliphatic carbocycles. The summed E-state index contributed by atoms with van der Waals surface area (Å²) in [6, 6.07) is 17.1. The maximum Gasteiger partial charge on any atom is 0.409 e. The van der Waals surface area contributed by atoms with Crippen molar-refractivity contribution in [2.45, 2.75) is 12.8 Å². The van der Waals surface area contributed by atoms with Crippen molar-refractivity contribution in [3.05, 3.63) is 72.4 Å². The molecule has 6 nitrogen and oxygen atoms in total. The highest BCUT2D eigenvalue weighted by Crippen LogP contribution is 2.20. The number of carbonyl (C=O) groups excluding carboxylic acids is 1. The van der Waals surface area contributed by atoms with E-state index in [0.717, 1.165) is 24.2 Å². The smallest absolute Gasteiger partial charge is 0.409 e. The average Bonchev–Trinajstić information content (AvgIpc) is 3.05. The summed E-state index contributed by atoms with van der Waals surface area (Å²) >= 11 is 0. The number of benzene rings is 2. The second-order valence-electron chi connectivity index (χ2n) is 5.22. The number of primary amides is 1. The van der Waals surface area contributed by atoms with Gasteiger partial charge in [-0.1, -0.05) is 30.3 Å². The van der Waals surface area contributed by atoms with Gasteiger partial charge in [-0.2, -0.15) is 5.10 Å². The molecule has 24 heavy (non-hydrogen) atoms. The van der Waals surface area contributed by atoms with E-state index in [1.807, 2.05) is 24.6 Å². The van der Waals surface area contributed by atoms with Crippen LogP contribution >= 0.6 is 0 Å². The molecule has 0 aliphatic heterocycles. The van der Waals surface area contributed by atoms with Gasteiger partial charge in [-0.3, -0.25) is 5.10 Å². The van der Waals surface area contributed by atoms with Gasteiger partial charge in [-0.05, 0) is 42.7 Å². The quantitative estimate of drug-likeness (QED) is 0.729. The lowest BCUT2D eigenvalue weighted by Gasteiger charge is -2.00. The van der Waals surface area contributed by atoms with Gasteiger partial charge in [0.25, 0.3) is 0 Å². The maximum absolute atomic E-state index is 10.7. The lowest BCUT2D eigenvalue weighted by molar-refractivity contribution is 0.211. The van der Waals surface area contributed by atoms with Crippen LogP contribution in [-0.4, -0.2) is 21.3 Å². The van der Waals surface area contributed by atoms with Crippen LogP contribution in [0.1, 0.15) is 17.8 Å². The summed E-state index contributed by atoms with van der Waals surface area (Å²) in [6.45, 7) is 0. The van der Waals surface area contributed by atoms with Gasteiger partial charge in [-0.25, -0.2) is 9.78 Å². The van der Waals surface area contributed by atoms with Gasteiger partial charge in [0.05, 0.1) is 0 Å². The minimum atomic E-state index is -0.837. The summed E-state index contributed by atoms with van der Waals surface area (Å²) in [6.07, 6.45) is 3.02. The van der Waals surface area contributed by atoms with E-state index < -0.39 is 6.09 Å². The molecule has 0 atom stereocenters. The Hall–Kier alpha value is -3.15. The minimum Gasteiger partial charge on any atom is -0.411 e. The van der Waals surface area contributed by atoms with Crippen molar-refractivity contribution in [1.82, 2.24) is 15.2 Å². The molecule has 0 unspecified atom stereocenters. The molecule has 6 heteroatoms. The molecule has 0 fully saturated rings. The number of nitrogens with zero attached hydrogens (tertiary/aromatic N) is 2. The number of nitrogens with one attached hydrogen (secondary N) is 1. The average molecular weight is 321 g/mol. The van der Waals surface area contributed by atoms with Gasteiger partial charge >= 0.3 is 6.09 Å². The van der Waals surface area contributed by atoms with Crippen LogP contribution < -0.4 is 10.5 Å². The Morgan fingerprint density at radius 2 is 1.88 bits per heavy atom. The van der Waals surface area contributed by atoms with Crippen LogP contribution in [0.3, 0.4) is 0 Å². The van der Waals surface area contributed by atoms with E-state index in [4.69, 9.17) is 10.5 Å². The number of rotatable bonds is 6. The van der Waals surface area contributed by atoms with Crippen molar-refractivity contribution < 1.29 is 9.53 Å². The Labute approximate surface area is 139 Å². The number of carbonyl (C=O) groups is 1. The lowest BCUT2D eigenvalue weighted by atomic mass is 10.1. The summed E-state index contributed by atoms with van der Waals surface area (Å²) in [5, 5.41) is 7.12. The second kappa shape index (κ2) is 7.41. The first kappa shape index (κ1) is 15.7. The molecule has 3 N–H and O–H groups in total. The van der Waals surface area contributed by atoms with Crippen LogP contribution in [0.15, 0.2) is 54.6 Å². The van der Waals surface area contributed by atoms with Gasteiger partial charge in [0.2, 0.25) is 0 Å². The molecule has 0 bridgehead atoms. The number of hydrogen-bond donors (Lipinski definition) is 2. The zero-order valence-corrected chi connectivity index (χ0v) is 13.0. The molecule has 1 aromatic heterocycles. The molecule has 3 rings (SSSR count). The highest BCUT2D eigenvalue weighted by Gasteiger charge is 2.07. The Morgan fingerprint density at radius 3 is 2.58 bits per heavy atom. The van der Waals surface area contributed by atoms with Crippen LogP contribution in [-0.2, 0) is 6.42 Å². The Bertz CT molecular complexity index is 797. The SMILES string of the molecule is NC(=O)Oc1ccc(-c2n[nH]c([CH]CCc3ccccc3)n2)cc1. The first-order valence-electron chi connectivity index (χ1n) is 7.58. The van der Waals surface area contributed by atoms with Crippen LogP contribution in [0.4, 0.5) is 4.79 Å². The number of H-pyrrole nitrogens is 1. The highest BCUT2D eigenvalue weighted by molar-refractivity contribution is 5.68. The Balaban J connectivity index is 1.57. The van der Waals surface area contributed by atoms with Crippen LogP contribution in [0.25, 0.3) is 11.4 Å². The predicted octanol–water partition coefficient (Wildman–Crippen LogP) is 3.11. The number of aromatic nitrogens is 3. The van der Waals surface area contributed by atoms with Crippen LogP contribution in [0.2, 0.25) is 0 Å². The monoisotopic (exact) mass is 321 g/mol. The second-order valence-corrected chi connectivity index (χ2v) is 5.22. The maximum atomic E-state index is 10.7. The third-order valence-corrected chi connectivity index (χ3v) is 3.45. The van der Waals surface area contributed by atoms with Gasteiger partial charge in [0, 0.05) is 12.0 Å².